The van der Waals surface area contributed by atoms with Gasteiger partial charge in [-0.2, -0.15) is 18.2 Å². The number of nitrogens with zero attached hydrogens (tertiary/aromatic N) is 4. The number of carbonyl (C=O) groups is 1. The second-order valence-electron chi connectivity index (χ2n) is 6.12. The molecule has 1 aromatic carbocycles. The van der Waals surface area contributed by atoms with Gasteiger partial charge in [0, 0.05) is 38.1 Å². The molecule has 28 heavy (non-hydrogen) atoms. The molecule has 0 atom stereocenters. The summed E-state index contributed by atoms with van der Waals surface area (Å²) in [7, 11) is 0. The zero-order valence-corrected chi connectivity index (χ0v) is 15.2. The molecule has 2 heterocycles. The average molecular weight is 395 g/mol. The van der Waals surface area contributed by atoms with Crippen molar-refractivity contribution in [3.63, 3.8) is 0 Å². The average Bonchev–Trinajstić information content (AvgIpc) is 2.68. The van der Waals surface area contributed by atoms with E-state index in [9.17, 15) is 18.0 Å². The Hall–Kier alpha value is -3.04. The Bertz CT molecular complexity index is 823. The van der Waals surface area contributed by atoms with Gasteiger partial charge in [0.15, 0.2) is 0 Å². The summed E-state index contributed by atoms with van der Waals surface area (Å²) in [4.78, 5) is 23.9. The van der Waals surface area contributed by atoms with Crippen LogP contribution in [0.1, 0.15) is 12.5 Å². The van der Waals surface area contributed by atoms with Crippen LogP contribution in [-0.4, -0.2) is 53.7 Å². The summed E-state index contributed by atoms with van der Waals surface area (Å²) >= 11 is 0. The predicted molar refractivity (Wildman–Crippen MR) is 97.6 cm³/mol. The second kappa shape index (κ2) is 8.32. The molecule has 0 aliphatic carbocycles. The Morgan fingerprint density at radius 2 is 1.96 bits per heavy atom. The van der Waals surface area contributed by atoms with E-state index in [-0.39, 0.29) is 11.8 Å². The summed E-state index contributed by atoms with van der Waals surface area (Å²) in [6, 6.07) is 6.50. The van der Waals surface area contributed by atoms with Crippen molar-refractivity contribution in [3.05, 3.63) is 42.1 Å². The van der Waals surface area contributed by atoms with Gasteiger partial charge in [0.2, 0.25) is 5.95 Å². The van der Waals surface area contributed by atoms with E-state index in [1.165, 1.54) is 18.3 Å². The van der Waals surface area contributed by atoms with Crippen LogP contribution in [0.15, 0.2) is 36.5 Å². The van der Waals surface area contributed by atoms with Crippen LogP contribution in [0.4, 0.5) is 35.4 Å². The Labute approximate surface area is 160 Å². The number of aromatic nitrogens is 2. The van der Waals surface area contributed by atoms with Gasteiger partial charge in [-0.05, 0) is 31.2 Å². The summed E-state index contributed by atoms with van der Waals surface area (Å²) < 4.78 is 43.5. The maximum Gasteiger partial charge on any atom is 0.416 e. The number of ether oxygens (including phenoxy) is 1. The highest BCUT2D eigenvalue weighted by Gasteiger charge is 2.30. The van der Waals surface area contributed by atoms with E-state index in [2.05, 4.69) is 15.3 Å². The van der Waals surface area contributed by atoms with Crippen LogP contribution in [-0.2, 0) is 10.9 Å². The number of hydrogen-bond donors (Lipinski definition) is 1. The smallest absolute Gasteiger partial charge is 0.416 e. The minimum Gasteiger partial charge on any atom is -0.450 e. The first-order valence-electron chi connectivity index (χ1n) is 8.81. The van der Waals surface area contributed by atoms with Crippen molar-refractivity contribution < 1.29 is 22.7 Å². The molecule has 2 aromatic rings. The Balaban J connectivity index is 1.66. The molecule has 0 radical (unpaired) electrons. The Kier molecular flexibility index (Phi) is 5.86. The first kappa shape index (κ1) is 19.7. The fourth-order valence-corrected chi connectivity index (χ4v) is 2.80. The molecule has 1 fully saturated rings. The van der Waals surface area contributed by atoms with Crippen molar-refractivity contribution in [3.8, 4) is 0 Å². The van der Waals surface area contributed by atoms with Crippen molar-refractivity contribution in [2.75, 3.05) is 43.0 Å². The lowest BCUT2D eigenvalue weighted by atomic mass is 10.2. The van der Waals surface area contributed by atoms with Gasteiger partial charge >= 0.3 is 12.3 Å². The molecular weight excluding hydrogens is 375 g/mol. The van der Waals surface area contributed by atoms with E-state index >= 15 is 0 Å². The standard InChI is InChI=1S/C18H20F3N5O2/c1-2-28-17(27)26-10-8-25(9-11-26)16-22-7-6-15(24-16)23-14-5-3-4-13(12-14)18(19,20)21/h3-7,12H,2,8-11H2,1H3,(H,22,23,24). The normalized spacial score (nSPS) is 14.7. The van der Waals surface area contributed by atoms with Gasteiger partial charge in [0.25, 0.3) is 0 Å². The first-order chi connectivity index (χ1) is 13.4. The van der Waals surface area contributed by atoms with E-state index < -0.39 is 11.7 Å². The molecule has 10 heteroatoms. The van der Waals surface area contributed by atoms with Gasteiger partial charge in [-0.15, -0.1) is 0 Å². The summed E-state index contributed by atoms with van der Waals surface area (Å²) in [6.07, 6.45) is -3.22. The van der Waals surface area contributed by atoms with E-state index in [0.717, 1.165) is 12.1 Å². The predicted octanol–water partition coefficient (Wildman–Crippen LogP) is 3.52. The fraction of sp³-hybridized carbons (Fsp3) is 0.389. The molecule has 1 N–H and O–H groups in total. The molecule has 0 unspecified atom stereocenters. The van der Waals surface area contributed by atoms with E-state index in [0.29, 0.717) is 44.6 Å². The van der Waals surface area contributed by atoms with E-state index in [1.54, 1.807) is 17.9 Å². The van der Waals surface area contributed by atoms with Crippen molar-refractivity contribution in [2.24, 2.45) is 0 Å². The summed E-state index contributed by atoms with van der Waals surface area (Å²) in [5.74, 6) is 0.831. The third-order valence-corrected chi connectivity index (χ3v) is 4.19. The third-order valence-electron chi connectivity index (χ3n) is 4.19. The van der Waals surface area contributed by atoms with Crippen LogP contribution >= 0.6 is 0 Å². The van der Waals surface area contributed by atoms with Gasteiger partial charge in [-0.25, -0.2) is 9.78 Å². The number of amides is 1. The molecule has 1 aliphatic heterocycles. The molecular formula is C18H20F3N5O2. The minimum atomic E-state index is -4.41. The van der Waals surface area contributed by atoms with Crippen molar-refractivity contribution >= 4 is 23.5 Å². The molecule has 1 amide bonds. The van der Waals surface area contributed by atoms with Crippen molar-refractivity contribution in [1.82, 2.24) is 14.9 Å². The van der Waals surface area contributed by atoms with Crippen LogP contribution in [0.5, 0.6) is 0 Å². The van der Waals surface area contributed by atoms with Crippen LogP contribution in [0.3, 0.4) is 0 Å². The highest BCUT2D eigenvalue weighted by molar-refractivity contribution is 5.68. The molecule has 0 spiro atoms. The molecule has 1 aliphatic rings. The third kappa shape index (κ3) is 4.81. The Morgan fingerprint density at radius 3 is 2.64 bits per heavy atom. The number of alkyl halides is 3. The number of hydrogen-bond acceptors (Lipinski definition) is 6. The second-order valence-corrected chi connectivity index (χ2v) is 6.12. The van der Waals surface area contributed by atoms with Crippen LogP contribution in [0.25, 0.3) is 0 Å². The number of halogens is 3. The van der Waals surface area contributed by atoms with Crippen LogP contribution in [0.2, 0.25) is 0 Å². The molecule has 3 rings (SSSR count). The summed E-state index contributed by atoms with van der Waals surface area (Å²) in [6.45, 7) is 4.11. The number of rotatable bonds is 4. The summed E-state index contributed by atoms with van der Waals surface area (Å²) in [5.41, 5.74) is -0.450. The highest BCUT2D eigenvalue weighted by atomic mass is 19.4. The van der Waals surface area contributed by atoms with Gasteiger partial charge in [0.05, 0.1) is 12.2 Å². The van der Waals surface area contributed by atoms with Crippen LogP contribution < -0.4 is 10.2 Å². The van der Waals surface area contributed by atoms with Gasteiger partial charge < -0.3 is 19.9 Å². The van der Waals surface area contributed by atoms with Gasteiger partial charge in [0.1, 0.15) is 5.82 Å². The molecule has 0 saturated carbocycles. The summed E-state index contributed by atoms with van der Waals surface area (Å²) in [5, 5.41) is 2.88. The molecule has 1 aromatic heterocycles. The maximum absolute atomic E-state index is 12.9. The topological polar surface area (TPSA) is 70.6 Å². The lowest BCUT2D eigenvalue weighted by molar-refractivity contribution is -0.137. The maximum atomic E-state index is 12.9. The van der Waals surface area contributed by atoms with E-state index in [1.807, 2.05) is 4.90 Å². The first-order valence-corrected chi connectivity index (χ1v) is 8.81. The van der Waals surface area contributed by atoms with Gasteiger partial charge in [-0.3, -0.25) is 0 Å². The molecule has 1 saturated heterocycles. The Morgan fingerprint density at radius 1 is 1.21 bits per heavy atom. The lowest BCUT2D eigenvalue weighted by Gasteiger charge is -2.34. The number of nitrogens with one attached hydrogen (secondary N) is 1. The quantitative estimate of drug-likeness (QED) is 0.854. The van der Waals surface area contributed by atoms with Crippen molar-refractivity contribution in [2.45, 2.75) is 13.1 Å². The van der Waals surface area contributed by atoms with Gasteiger partial charge in [-0.1, -0.05) is 6.07 Å². The number of anilines is 3. The SMILES string of the molecule is CCOC(=O)N1CCN(c2nccc(Nc3cccc(C(F)(F)F)c3)n2)CC1. The highest BCUT2D eigenvalue weighted by Crippen LogP contribution is 2.31. The minimum absolute atomic E-state index is 0.284. The fourth-order valence-electron chi connectivity index (χ4n) is 2.80. The molecule has 0 bridgehead atoms. The van der Waals surface area contributed by atoms with Crippen LogP contribution in [0, 0.1) is 0 Å². The lowest BCUT2D eigenvalue weighted by Crippen LogP contribution is -2.49. The number of piperazine rings is 1. The number of carbonyl (C=O) groups excluding carboxylic acids is 1. The molecule has 7 nitrogen and oxygen atoms in total. The largest absolute Gasteiger partial charge is 0.450 e. The zero-order chi connectivity index (χ0) is 20.1. The van der Waals surface area contributed by atoms with Crippen molar-refractivity contribution in [1.29, 1.82) is 0 Å². The monoisotopic (exact) mass is 395 g/mol. The number of benzene rings is 1. The van der Waals surface area contributed by atoms with E-state index in [4.69, 9.17) is 4.74 Å². The zero-order valence-electron chi connectivity index (χ0n) is 15.2. The molecule has 150 valence electrons.